The fourth-order valence-electron chi connectivity index (χ4n) is 3.12. The van der Waals surface area contributed by atoms with Gasteiger partial charge in [-0.15, -0.1) is 11.3 Å². The molecule has 2 aromatic carbocycles. The van der Waals surface area contributed by atoms with E-state index in [-0.39, 0.29) is 18.2 Å². The number of rotatable bonds is 10. The Kier molecular flexibility index (Phi) is 8.43. The third-order valence-corrected chi connectivity index (χ3v) is 5.84. The maximum atomic E-state index is 12.7. The highest BCUT2D eigenvalue weighted by Gasteiger charge is 2.18. The summed E-state index contributed by atoms with van der Waals surface area (Å²) in [6.07, 6.45) is 0.158. The van der Waals surface area contributed by atoms with Crippen LogP contribution in [0.1, 0.15) is 54.7 Å². The average Bonchev–Trinajstić information content (AvgIpc) is 3.26. The Morgan fingerprint density at radius 1 is 0.970 bits per heavy atom. The standard InChI is InChI=1S/C25H29N3O4S/c1-5-31-21-14-20(28-24(30)17-10-8-7-9-11-17)22(32-6-2)13-19(21)27-23(29)12-18-15-33-25(26-18)16(3)4/h7-11,13-16H,5-6,12H2,1-4H3,(H,27,29)(H,28,30). The fourth-order valence-corrected chi connectivity index (χ4v) is 3.95. The zero-order valence-corrected chi connectivity index (χ0v) is 20.1. The van der Waals surface area contributed by atoms with E-state index in [1.54, 1.807) is 47.7 Å². The number of carbonyl (C=O) groups excluding carboxylic acids is 2. The van der Waals surface area contributed by atoms with Crippen LogP contribution in [0, 0.1) is 0 Å². The van der Waals surface area contributed by atoms with Crippen molar-refractivity contribution in [3.63, 3.8) is 0 Å². The Morgan fingerprint density at radius 2 is 1.58 bits per heavy atom. The van der Waals surface area contributed by atoms with Crippen molar-refractivity contribution < 1.29 is 19.1 Å². The molecule has 3 aromatic rings. The molecule has 3 rings (SSSR count). The lowest BCUT2D eigenvalue weighted by atomic mass is 10.2. The number of aromatic nitrogens is 1. The normalized spacial score (nSPS) is 10.7. The van der Waals surface area contributed by atoms with Crippen LogP contribution in [0.25, 0.3) is 0 Å². The Bertz CT molecular complexity index is 1100. The van der Waals surface area contributed by atoms with Gasteiger partial charge in [-0.25, -0.2) is 4.98 Å². The van der Waals surface area contributed by atoms with Crippen molar-refractivity contribution in [2.45, 2.75) is 40.0 Å². The van der Waals surface area contributed by atoms with Gasteiger partial charge in [-0.1, -0.05) is 32.0 Å². The van der Waals surface area contributed by atoms with E-state index >= 15 is 0 Å². The largest absolute Gasteiger partial charge is 0.492 e. The quantitative estimate of drug-likeness (QED) is 0.411. The van der Waals surface area contributed by atoms with Gasteiger partial charge >= 0.3 is 0 Å². The summed E-state index contributed by atoms with van der Waals surface area (Å²) in [5, 5.41) is 8.69. The lowest BCUT2D eigenvalue weighted by Crippen LogP contribution is -2.17. The number of thiazole rings is 1. The van der Waals surface area contributed by atoms with Gasteiger partial charge in [0.25, 0.3) is 5.91 Å². The number of hydrogen-bond donors (Lipinski definition) is 2. The van der Waals surface area contributed by atoms with E-state index < -0.39 is 0 Å². The first-order valence-electron chi connectivity index (χ1n) is 10.9. The van der Waals surface area contributed by atoms with E-state index in [9.17, 15) is 9.59 Å². The number of ether oxygens (including phenoxy) is 2. The molecule has 0 radical (unpaired) electrons. The summed E-state index contributed by atoms with van der Waals surface area (Å²) in [6, 6.07) is 12.3. The van der Waals surface area contributed by atoms with E-state index in [0.29, 0.717) is 47.6 Å². The number of carbonyl (C=O) groups is 2. The van der Waals surface area contributed by atoms with Gasteiger partial charge in [0.1, 0.15) is 11.5 Å². The minimum atomic E-state index is -0.264. The maximum absolute atomic E-state index is 12.7. The predicted molar refractivity (Wildman–Crippen MR) is 132 cm³/mol. The maximum Gasteiger partial charge on any atom is 0.255 e. The highest BCUT2D eigenvalue weighted by atomic mass is 32.1. The molecule has 33 heavy (non-hydrogen) atoms. The number of nitrogens with one attached hydrogen (secondary N) is 2. The average molecular weight is 468 g/mol. The summed E-state index contributed by atoms with van der Waals surface area (Å²) >= 11 is 1.56. The minimum absolute atomic E-state index is 0.158. The SMILES string of the molecule is CCOc1cc(NC(=O)c2ccccc2)c(OCC)cc1NC(=O)Cc1csc(C(C)C)n1. The van der Waals surface area contributed by atoms with Crippen molar-refractivity contribution in [1.29, 1.82) is 0 Å². The van der Waals surface area contributed by atoms with Crippen LogP contribution in [0.5, 0.6) is 11.5 Å². The van der Waals surface area contributed by atoms with Crippen LogP contribution in [-0.2, 0) is 11.2 Å². The second kappa shape index (κ2) is 11.5. The molecular weight excluding hydrogens is 438 g/mol. The molecule has 0 saturated carbocycles. The number of amides is 2. The fraction of sp³-hybridized carbons (Fsp3) is 0.320. The van der Waals surface area contributed by atoms with Gasteiger partial charge in [-0.05, 0) is 26.0 Å². The number of hydrogen-bond acceptors (Lipinski definition) is 6. The molecular formula is C25H29N3O4S. The molecule has 1 heterocycles. The monoisotopic (exact) mass is 467 g/mol. The first-order chi connectivity index (χ1) is 15.9. The first kappa shape index (κ1) is 24.3. The second-order valence-corrected chi connectivity index (χ2v) is 8.48. The Hall–Kier alpha value is -3.39. The molecule has 0 saturated heterocycles. The van der Waals surface area contributed by atoms with Crippen LogP contribution in [0.3, 0.4) is 0 Å². The summed E-state index contributed by atoms with van der Waals surface area (Å²) in [7, 11) is 0. The van der Waals surface area contributed by atoms with E-state index in [2.05, 4.69) is 29.5 Å². The van der Waals surface area contributed by atoms with Crippen LogP contribution < -0.4 is 20.1 Å². The van der Waals surface area contributed by atoms with Crippen LogP contribution >= 0.6 is 11.3 Å². The van der Waals surface area contributed by atoms with Crippen molar-refractivity contribution in [2.75, 3.05) is 23.8 Å². The van der Waals surface area contributed by atoms with Crippen LogP contribution in [0.15, 0.2) is 47.8 Å². The molecule has 7 nitrogen and oxygen atoms in total. The van der Waals surface area contributed by atoms with Crippen LogP contribution in [0.2, 0.25) is 0 Å². The Balaban J connectivity index is 1.83. The predicted octanol–water partition coefficient (Wildman–Crippen LogP) is 5.50. The van der Waals surface area contributed by atoms with E-state index in [4.69, 9.17) is 9.47 Å². The zero-order valence-electron chi connectivity index (χ0n) is 19.3. The van der Waals surface area contributed by atoms with Gasteiger partial charge < -0.3 is 20.1 Å². The van der Waals surface area contributed by atoms with Crippen molar-refractivity contribution >= 4 is 34.5 Å². The highest BCUT2D eigenvalue weighted by Crippen LogP contribution is 2.37. The number of benzene rings is 2. The lowest BCUT2D eigenvalue weighted by molar-refractivity contribution is -0.115. The topological polar surface area (TPSA) is 89.5 Å². The van der Waals surface area contributed by atoms with Crippen molar-refractivity contribution in [3.8, 4) is 11.5 Å². The van der Waals surface area contributed by atoms with Gasteiger partial charge in [0.15, 0.2) is 0 Å². The summed E-state index contributed by atoms with van der Waals surface area (Å²) in [5.74, 6) is 0.735. The minimum Gasteiger partial charge on any atom is -0.492 e. The Labute approximate surface area is 198 Å². The Morgan fingerprint density at radius 3 is 2.12 bits per heavy atom. The van der Waals surface area contributed by atoms with Crippen molar-refractivity contribution in [3.05, 3.63) is 64.1 Å². The molecule has 2 N–H and O–H groups in total. The summed E-state index contributed by atoms with van der Waals surface area (Å²) in [5.41, 5.74) is 2.20. The van der Waals surface area contributed by atoms with Crippen molar-refractivity contribution in [1.82, 2.24) is 4.98 Å². The molecule has 0 aliphatic rings. The van der Waals surface area contributed by atoms with Gasteiger partial charge in [0, 0.05) is 29.0 Å². The third-order valence-electron chi connectivity index (χ3n) is 4.64. The molecule has 0 fully saturated rings. The van der Waals surface area contributed by atoms with Crippen molar-refractivity contribution in [2.24, 2.45) is 0 Å². The van der Waals surface area contributed by atoms with Gasteiger partial charge in [-0.3, -0.25) is 9.59 Å². The number of nitrogens with zero attached hydrogens (tertiary/aromatic N) is 1. The highest BCUT2D eigenvalue weighted by molar-refractivity contribution is 7.09. The number of anilines is 2. The molecule has 2 amide bonds. The molecule has 0 bridgehead atoms. The summed E-state index contributed by atoms with van der Waals surface area (Å²) < 4.78 is 11.5. The van der Waals surface area contributed by atoms with Gasteiger partial charge in [0.2, 0.25) is 5.91 Å². The van der Waals surface area contributed by atoms with E-state index in [1.165, 1.54) is 0 Å². The summed E-state index contributed by atoms with van der Waals surface area (Å²) in [6.45, 7) is 8.65. The molecule has 0 atom stereocenters. The molecule has 1 aromatic heterocycles. The molecule has 8 heteroatoms. The molecule has 0 spiro atoms. The molecule has 0 aliphatic heterocycles. The first-order valence-corrected chi connectivity index (χ1v) is 11.8. The smallest absolute Gasteiger partial charge is 0.255 e. The molecule has 0 aliphatic carbocycles. The van der Waals surface area contributed by atoms with Crippen LogP contribution in [-0.4, -0.2) is 30.0 Å². The van der Waals surface area contributed by atoms with Gasteiger partial charge in [0.05, 0.1) is 41.7 Å². The molecule has 174 valence electrons. The van der Waals surface area contributed by atoms with Crippen LogP contribution in [0.4, 0.5) is 11.4 Å². The third kappa shape index (κ3) is 6.55. The van der Waals surface area contributed by atoms with E-state index in [0.717, 1.165) is 10.7 Å². The van der Waals surface area contributed by atoms with Gasteiger partial charge in [-0.2, -0.15) is 0 Å². The summed E-state index contributed by atoms with van der Waals surface area (Å²) in [4.78, 5) is 29.9. The lowest BCUT2D eigenvalue weighted by Gasteiger charge is -2.18. The molecule has 0 unspecified atom stereocenters. The van der Waals surface area contributed by atoms with E-state index in [1.807, 2.05) is 25.3 Å². The second-order valence-electron chi connectivity index (χ2n) is 7.59. The zero-order chi connectivity index (χ0) is 23.8.